The number of nitrogens with zero attached hydrogens (tertiary/aromatic N) is 3. The van der Waals surface area contributed by atoms with Gasteiger partial charge in [-0.3, -0.25) is 4.79 Å². The van der Waals surface area contributed by atoms with Crippen LogP contribution in [0.15, 0.2) is 23.1 Å². The lowest BCUT2D eigenvalue weighted by atomic mass is 9.88. The molecule has 1 fully saturated rings. The van der Waals surface area contributed by atoms with Crippen LogP contribution in [0, 0.1) is 29.1 Å². The van der Waals surface area contributed by atoms with Gasteiger partial charge >= 0.3 is 0 Å². The molecular formula is C24H27ClFN5O5S. The number of anilines is 1. The number of hydrogen-bond acceptors (Lipinski definition) is 7. The quantitative estimate of drug-likeness (QED) is 0.367. The van der Waals surface area contributed by atoms with E-state index >= 15 is 0 Å². The largest absolute Gasteiger partial charge is 0.393 e. The Labute approximate surface area is 218 Å². The number of aliphatic hydroxyl groups is 2. The number of sulfonamides is 1. The third-order valence-corrected chi connectivity index (χ3v) is 8.88. The zero-order valence-electron chi connectivity index (χ0n) is 20.2. The molecule has 198 valence electrons. The predicted octanol–water partition coefficient (Wildman–Crippen LogP) is 2.65. The van der Waals surface area contributed by atoms with E-state index in [1.807, 2.05) is 6.92 Å². The van der Waals surface area contributed by atoms with Crippen LogP contribution in [0.2, 0.25) is 5.02 Å². The SMILES string of the molecule is CC1CCC(CC(C)(O)CO)C1NS(=O)(=O)c1c(Cl)c(C(=O)Nc2cc(F)nc(C#N)c2)n2c1C=CC2. The molecule has 1 aliphatic heterocycles. The minimum atomic E-state index is -4.22. The van der Waals surface area contributed by atoms with E-state index in [9.17, 15) is 27.8 Å². The summed E-state index contributed by atoms with van der Waals surface area (Å²) in [4.78, 5) is 16.3. The van der Waals surface area contributed by atoms with E-state index < -0.39 is 40.1 Å². The first-order chi connectivity index (χ1) is 17.4. The highest BCUT2D eigenvalue weighted by atomic mass is 35.5. The van der Waals surface area contributed by atoms with E-state index in [2.05, 4.69) is 15.0 Å². The van der Waals surface area contributed by atoms with Crippen molar-refractivity contribution in [2.75, 3.05) is 11.9 Å². The highest BCUT2D eigenvalue weighted by Crippen LogP contribution is 2.40. The first-order valence-corrected chi connectivity index (χ1v) is 13.6. The molecule has 10 nitrogen and oxygen atoms in total. The highest BCUT2D eigenvalue weighted by molar-refractivity contribution is 7.89. The summed E-state index contributed by atoms with van der Waals surface area (Å²) in [5.74, 6) is -1.99. The van der Waals surface area contributed by atoms with Crippen molar-refractivity contribution in [3.8, 4) is 6.07 Å². The van der Waals surface area contributed by atoms with Crippen LogP contribution >= 0.6 is 11.6 Å². The Morgan fingerprint density at radius 2 is 2.14 bits per heavy atom. The number of pyridine rings is 1. The second-order valence-electron chi connectivity index (χ2n) is 9.84. The van der Waals surface area contributed by atoms with Crippen molar-refractivity contribution in [3.05, 3.63) is 46.3 Å². The van der Waals surface area contributed by atoms with Crippen molar-refractivity contribution in [3.63, 3.8) is 0 Å². The van der Waals surface area contributed by atoms with E-state index in [4.69, 9.17) is 16.9 Å². The second-order valence-corrected chi connectivity index (χ2v) is 11.9. The Balaban J connectivity index is 1.66. The third kappa shape index (κ3) is 5.42. The predicted molar refractivity (Wildman–Crippen MR) is 134 cm³/mol. The maximum absolute atomic E-state index is 13.7. The third-order valence-electron chi connectivity index (χ3n) is 6.86. The molecule has 13 heteroatoms. The second kappa shape index (κ2) is 10.2. The minimum Gasteiger partial charge on any atom is -0.393 e. The first kappa shape index (κ1) is 27.2. The van der Waals surface area contributed by atoms with E-state index in [1.54, 1.807) is 18.2 Å². The molecule has 0 radical (unpaired) electrons. The summed E-state index contributed by atoms with van der Waals surface area (Å²) in [5.41, 5.74) is -1.52. The number of halogens is 2. The van der Waals surface area contributed by atoms with Gasteiger partial charge in [0.2, 0.25) is 16.0 Å². The average Bonchev–Trinajstić information content (AvgIpc) is 3.48. The highest BCUT2D eigenvalue weighted by Gasteiger charge is 2.42. The number of aromatic nitrogens is 2. The maximum Gasteiger partial charge on any atom is 0.273 e. The normalized spacial score (nSPS) is 22.5. The molecule has 4 N–H and O–H groups in total. The van der Waals surface area contributed by atoms with Gasteiger partial charge in [0.05, 0.1) is 22.9 Å². The van der Waals surface area contributed by atoms with Crippen LogP contribution in [0.25, 0.3) is 6.08 Å². The number of carbonyl (C=O) groups is 1. The summed E-state index contributed by atoms with van der Waals surface area (Å²) in [5, 5.41) is 31.0. The number of amides is 1. The Morgan fingerprint density at radius 3 is 2.81 bits per heavy atom. The Kier molecular flexibility index (Phi) is 7.47. The minimum absolute atomic E-state index is 0.0297. The molecule has 2 aliphatic rings. The van der Waals surface area contributed by atoms with Gasteiger partial charge < -0.3 is 20.1 Å². The molecule has 0 aromatic carbocycles. The topological polar surface area (TPSA) is 157 Å². The molecule has 1 aliphatic carbocycles. The number of rotatable bonds is 8. The van der Waals surface area contributed by atoms with Crippen LogP contribution in [-0.2, 0) is 16.6 Å². The zero-order valence-corrected chi connectivity index (χ0v) is 21.8. The summed E-state index contributed by atoms with van der Waals surface area (Å²) in [6.07, 6.45) is 4.86. The maximum atomic E-state index is 13.7. The monoisotopic (exact) mass is 551 g/mol. The van der Waals surface area contributed by atoms with Crippen LogP contribution in [-0.4, -0.2) is 52.3 Å². The summed E-state index contributed by atoms with van der Waals surface area (Å²) < 4.78 is 45.2. The number of carbonyl (C=O) groups excluding carboxylic acids is 1. The van der Waals surface area contributed by atoms with Crippen molar-refractivity contribution >= 4 is 39.3 Å². The van der Waals surface area contributed by atoms with Crippen LogP contribution in [0.4, 0.5) is 10.1 Å². The van der Waals surface area contributed by atoms with E-state index in [-0.39, 0.29) is 57.5 Å². The van der Waals surface area contributed by atoms with Gasteiger partial charge in [-0.05, 0) is 50.2 Å². The van der Waals surface area contributed by atoms with Crippen LogP contribution in [0.5, 0.6) is 0 Å². The lowest BCUT2D eigenvalue weighted by molar-refractivity contribution is -0.0194. The van der Waals surface area contributed by atoms with Crippen molar-refractivity contribution in [1.82, 2.24) is 14.3 Å². The van der Waals surface area contributed by atoms with E-state index in [1.165, 1.54) is 17.6 Å². The van der Waals surface area contributed by atoms with Gasteiger partial charge in [0.1, 0.15) is 22.4 Å². The molecule has 0 bridgehead atoms. The van der Waals surface area contributed by atoms with Gasteiger partial charge in [-0.1, -0.05) is 24.6 Å². The Hall–Kier alpha value is -2.82. The lowest BCUT2D eigenvalue weighted by Gasteiger charge is -2.30. The van der Waals surface area contributed by atoms with Crippen LogP contribution in [0.3, 0.4) is 0 Å². The van der Waals surface area contributed by atoms with Gasteiger partial charge in [-0.2, -0.15) is 9.65 Å². The van der Waals surface area contributed by atoms with Gasteiger partial charge in [0.25, 0.3) is 5.91 Å². The Morgan fingerprint density at radius 1 is 1.41 bits per heavy atom. The fourth-order valence-corrected chi connectivity index (χ4v) is 7.39. The Bertz CT molecular complexity index is 1420. The molecule has 2 aromatic heterocycles. The van der Waals surface area contributed by atoms with Crippen molar-refractivity contribution in [2.45, 2.75) is 56.2 Å². The van der Waals surface area contributed by atoms with E-state index in [0.29, 0.717) is 6.42 Å². The number of nitriles is 1. The lowest BCUT2D eigenvalue weighted by Crippen LogP contribution is -2.44. The van der Waals surface area contributed by atoms with E-state index in [0.717, 1.165) is 12.5 Å². The molecular weight excluding hydrogens is 525 g/mol. The summed E-state index contributed by atoms with van der Waals surface area (Å²) in [6.45, 7) is 3.16. The molecule has 0 saturated heterocycles. The standard InChI is InChI=1S/C24H27ClFN5O5S/c1-13-5-6-14(10-24(2,34)12-32)20(13)30-37(35,36)22-17-4-3-7-31(17)21(19(22)25)23(33)29-15-8-16(11-27)28-18(26)9-15/h3-4,8-9,13-14,20,30,32,34H,5-7,10,12H2,1-2H3,(H,28,29,33). The molecule has 4 atom stereocenters. The molecule has 4 unspecified atom stereocenters. The molecule has 1 amide bonds. The van der Waals surface area contributed by atoms with Gasteiger partial charge in [-0.15, -0.1) is 0 Å². The van der Waals surface area contributed by atoms with Crippen molar-refractivity contribution < 1.29 is 27.8 Å². The molecule has 0 spiro atoms. The molecule has 1 saturated carbocycles. The van der Waals surface area contributed by atoms with Crippen LogP contribution in [0.1, 0.15) is 55.0 Å². The zero-order chi connectivity index (χ0) is 27.1. The molecule has 37 heavy (non-hydrogen) atoms. The number of allylic oxidation sites excluding steroid dienone is 1. The van der Waals surface area contributed by atoms with Crippen LogP contribution < -0.4 is 10.0 Å². The van der Waals surface area contributed by atoms with Crippen molar-refractivity contribution in [1.29, 1.82) is 5.26 Å². The molecule has 2 aromatic rings. The summed E-state index contributed by atoms with van der Waals surface area (Å²) in [6, 6.07) is 3.30. The summed E-state index contributed by atoms with van der Waals surface area (Å²) >= 11 is 6.52. The van der Waals surface area contributed by atoms with Gasteiger partial charge in [-0.25, -0.2) is 18.1 Å². The number of fused-ring (bicyclic) bond motifs is 1. The van der Waals surface area contributed by atoms with Crippen molar-refractivity contribution in [2.24, 2.45) is 11.8 Å². The first-order valence-electron chi connectivity index (χ1n) is 11.7. The number of aliphatic hydroxyl groups excluding tert-OH is 1. The fourth-order valence-electron chi connectivity index (χ4n) is 5.11. The van der Waals surface area contributed by atoms with Gasteiger partial charge in [0.15, 0.2) is 0 Å². The number of hydrogen-bond donors (Lipinski definition) is 4. The average molecular weight is 552 g/mol. The van der Waals surface area contributed by atoms with Gasteiger partial charge in [0, 0.05) is 24.3 Å². The smallest absolute Gasteiger partial charge is 0.273 e. The molecule has 4 rings (SSSR count). The number of nitrogens with one attached hydrogen (secondary N) is 2. The molecule has 3 heterocycles. The summed E-state index contributed by atoms with van der Waals surface area (Å²) in [7, 11) is -4.22. The fraction of sp³-hybridized carbons (Fsp3) is 0.458.